The van der Waals surface area contributed by atoms with Gasteiger partial charge in [0.1, 0.15) is 6.10 Å². The average Bonchev–Trinajstić information content (AvgIpc) is 2.39. The van der Waals surface area contributed by atoms with E-state index in [1.807, 2.05) is 19.0 Å². The molecule has 7 nitrogen and oxygen atoms in total. The van der Waals surface area contributed by atoms with Crippen LogP contribution in [0, 0.1) is 0 Å². The summed E-state index contributed by atoms with van der Waals surface area (Å²) in [7, 11) is 5.53. The smallest absolute Gasteiger partial charge is 0.323 e. The lowest BCUT2D eigenvalue weighted by Gasteiger charge is -2.22. The van der Waals surface area contributed by atoms with E-state index in [9.17, 15) is 0 Å². The number of aromatic nitrogens is 3. The molecule has 0 spiro atoms. The van der Waals surface area contributed by atoms with Crippen LogP contribution in [-0.2, 0) is 4.74 Å². The Balaban J connectivity index is 2.12. The molecule has 0 atom stereocenters. The van der Waals surface area contributed by atoms with Crippen molar-refractivity contribution in [3.8, 4) is 6.01 Å². The molecule has 1 saturated heterocycles. The van der Waals surface area contributed by atoms with E-state index in [1.165, 1.54) is 0 Å². The Morgan fingerprint density at radius 1 is 1.22 bits per heavy atom. The molecule has 2 heterocycles. The van der Waals surface area contributed by atoms with Crippen LogP contribution in [0.1, 0.15) is 12.8 Å². The van der Waals surface area contributed by atoms with Crippen molar-refractivity contribution in [2.75, 3.05) is 44.6 Å². The van der Waals surface area contributed by atoms with Gasteiger partial charge in [0.15, 0.2) is 0 Å². The zero-order valence-electron chi connectivity index (χ0n) is 11.0. The Labute approximate surface area is 107 Å². The average molecular weight is 253 g/mol. The van der Waals surface area contributed by atoms with Crippen LogP contribution in [0.3, 0.4) is 0 Å². The second kappa shape index (κ2) is 5.81. The number of rotatable bonds is 4. The molecule has 7 heteroatoms. The summed E-state index contributed by atoms with van der Waals surface area (Å²) in [6, 6.07) is 0.366. The van der Waals surface area contributed by atoms with Gasteiger partial charge in [0.05, 0.1) is 13.2 Å². The van der Waals surface area contributed by atoms with Gasteiger partial charge in [-0.3, -0.25) is 0 Å². The molecule has 1 N–H and O–H groups in total. The van der Waals surface area contributed by atoms with E-state index in [0.29, 0.717) is 17.9 Å². The first-order chi connectivity index (χ1) is 8.69. The number of nitrogens with one attached hydrogen (secondary N) is 1. The van der Waals surface area contributed by atoms with Gasteiger partial charge in [-0.2, -0.15) is 15.0 Å². The fraction of sp³-hybridized carbons (Fsp3) is 0.727. The quantitative estimate of drug-likeness (QED) is 0.839. The molecule has 0 bridgehead atoms. The van der Waals surface area contributed by atoms with Gasteiger partial charge in [-0.05, 0) is 0 Å². The SMILES string of the molecule is CNc1nc(OC2CCOCC2)nc(N(C)C)n1. The summed E-state index contributed by atoms with van der Waals surface area (Å²) < 4.78 is 11.1. The molecular weight excluding hydrogens is 234 g/mol. The summed E-state index contributed by atoms with van der Waals surface area (Å²) >= 11 is 0. The molecule has 1 aliphatic rings. The molecule has 0 aromatic carbocycles. The van der Waals surface area contributed by atoms with Crippen molar-refractivity contribution in [2.45, 2.75) is 18.9 Å². The Kier molecular flexibility index (Phi) is 4.14. The predicted molar refractivity (Wildman–Crippen MR) is 68.2 cm³/mol. The normalized spacial score (nSPS) is 16.4. The van der Waals surface area contributed by atoms with Crippen LogP contribution in [0.2, 0.25) is 0 Å². The van der Waals surface area contributed by atoms with Gasteiger partial charge in [-0.1, -0.05) is 0 Å². The number of nitrogens with zero attached hydrogens (tertiary/aromatic N) is 4. The molecule has 18 heavy (non-hydrogen) atoms. The van der Waals surface area contributed by atoms with E-state index in [-0.39, 0.29) is 6.10 Å². The minimum Gasteiger partial charge on any atom is -0.460 e. The first-order valence-electron chi connectivity index (χ1n) is 6.04. The second-order valence-electron chi connectivity index (χ2n) is 4.32. The number of hydrogen-bond acceptors (Lipinski definition) is 7. The third-order valence-corrected chi connectivity index (χ3v) is 2.67. The monoisotopic (exact) mass is 253 g/mol. The van der Waals surface area contributed by atoms with Gasteiger partial charge in [-0.15, -0.1) is 0 Å². The van der Waals surface area contributed by atoms with Crippen LogP contribution in [0.15, 0.2) is 0 Å². The Morgan fingerprint density at radius 2 is 1.94 bits per heavy atom. The van der Waals surface area contributed by atoms with E-state index in [2.05, 4.69) is 20.3 Å². The highest BCUT2D eigenvalue weighted by molar-refractivity contribution is 5.36. The molecule has 0 aliphatic carbocycles. The topological polar surface area (TPSA) is 72.4 Å². The third kappa shape index (κ3) is 3.19. The van der Waals surface area contributed by atoms with Gasteiger partial charge < -0.3 is 19.7 Å². The van der Waals surface area contributed by atoms with E-state index in [0.717, 1.165) is 26.1 Å². The molecule has 0 radical (unpaired) electrons. The minimum atomic E-state index is 0.126. The van der Waals surface area contributed by atoms with Gasteiger partial charge in [0.25, 0.3) is 0 Å². The lowest BCUT2D eigenvalue weighted by atomic mass is 10.2. The zero-order valence-corrected chi connectivity index (χ0v) is 11.0. The highest BCUT2D eigenvalue weighted by Crippen LogP contribution is 2.17. The minimum absolute atomic E-state index is 0.126. The molecule has 1 aromatic heterocycles. The maximum atomic E-state index is 5.78. The van der Waals surface area contributed by atoms with Crippen molar-refractivity contribution in [1.82, 2.24) is 15.0 Å². The molecular formula is C11H19N5O2. The number of ether oxygens (including phenoxy) is 2. The fourth-order valence-corrected chi connectivity index (χ4v) is 1.65. The zero-order chi connectivity index (χ0) is 13.0. The van der Waals surface area contributed by atoms with Gasteiger partial charge >= 0.3 is 6.01 Å². The Morgan fingerprint density at radius 3 is 2.56 bits per heavy atom. The highest BCUT2D eigenvalue weighted by Gasteiger charge is 2.18. The van der Waals surface area contributed by atoms with E-state index < -0.39 is 0 Å². The summed E-state index contributed by atoms with van der Waals surface area (Å²) in [5.74, 6) is 1.09. The van der Waals surface area contributed by atoms with Crippen molar-refractivity contribution < 1.29 is 9.47 Å². The highest BCUT2D eigenvalue weighted by atomic mass is 16.5. The van der Waals surface area contributed by atoms with Crippen LogP contribution in [0.4, 0.5) is 11.9 Å². The molecule has 0 amide bonds. The molecule has 2 rings (SSSR count). The first kappa shape index (κ1) is 12.8. The van der Waals surface area contributed by atoms with Crippen LogP contribution in [0.5, 0.6) is 6.01 Å². The molecule has 1 fully saturated rings. The van der Waals surface area contributed by atoms with Crippen molar-refractivity contribution in [1.29, 1.82) is 0 Å². The molecule has 0 saturated carbocycles. The fourth-order valence-electron chi connectivity index (χ4n) is 1.65. The van der Waals surface area contributed by atoms with Crippen molar-refractivity contribution in [2.24, 2.45) is 0 Å². The standard InChI is InChI=1S/C11H19N5O2/c1-12-9-13-10(16(2)3)15-11(14-9)18-8-4-6-17-7-5-8/h8H,4-7H2,1-3H3,(H,12,13,14,15). The maximum Gasteiger partial charge on any atom is 0.323 e. The summed E-state index contributed by atoms with van der Waals surface area (Å²) in [4.78, 5) is 14.5. The maximum absolute atomic E-state index is 5.78. The second-order valence-corrected chi connectivity index (χ2v) is 4.32. The lowest BCUT2D eigenvalue weighted by molar-refractivity contribution is 0.0217. The van der Waals surface area contributed by atoms with Crippen molar-refractivity contribution in [3.05, 3.63) is 0 Å². The van der Waals surface area contributed by atoms with E-state index >= 15 is 0 Å². The largest absolute Gasteiger partial charge is 0.460 e. The molecule has 1 aliphatic heterocycles. The summed E-state index contributed by atoms with van der Waals surface area (Å²) in [6.07, 6.45) is 1.87. The van der Waals surface area contributed by atoms with Crippen LogP contribution in [-0.4, -0.2) is 55.4 Å². The Hall–Kier alpha value is -1.63. The summed E-state index contributed by atoms with van der Waals surface area (Å²) in [6.45, 7) is 1.46. The van der Waals surface area contributed by atoms with Crippen LogP contribution in [0.25, 0.3) is 0 Å². The predicted octanol–water partition coefficient (Wildman–Crippen LogP) is 0.537. The van der Waals surface area contributed by atoms with Crippen molar-refractivity contribution >= 4 is 11.9 Å². The number of hydrogen-bond donors (Lipinski definition) is 1. The summed E-state index contributed by atoms with van der Waals surface area (Å²) in [5.41, 5.74) is 0. The van der Waals surface area contributed by atoms with Gasteiger partial charge in [0.2, 0.25) is 11.9 Å². The van der Waals surface area contributed by atoms with Crippen LogP contribution >= 0.6 is 0 Å². The first-order valence-corrected chi connectivity index (χ1v) is 6.04. The lowest BCUT2D eigenvalue weighted by Crippen LogP contribution is -2.27. The van der Waals surface area contributed by atoms with Crippen LogP contribution < -0.4 is 15.0 Å². The van der Waals surface area contributed by atoms with E-state index in [1.54, 1.807) is 7.05 Å². The number of anilines is 2. The summed E-state index contributed by atoms with van der Waals surface area (Å²) in [5, 5.41) is 2.91. The van der Waals surface area contributed by atoms with Gasteiger partial charge in [0, 0.05) is 34.0 Å². The third-order valence-electron chi connectivity index (χ3n) is 2.67. The van der Waals surface area contributed by atoms with Crippen molar-refractivity contribution in [3.63, 3.8) is 0 Å². The van der Waals surface area contributed by atoms with Gasteiger partial charge in [-0.25, -0.2) is 0 Å². The molecule has 0 unspecified atom stereocenters. The Bertz CT molecular complexity index is 393. The van der Waals surface area contributed by atoms with E-state index in [4.69, 9.17) is 9.47 Å². The molecule has 100 valence electrons. The molecule has 1 aromatic rings.